The number of amides is 1. The molecule has 0 radical (unpaired) electrons. The number of rotatable bonds is 50. The molecule has 2 aliphatic heterocycles. The summed E-state index contributed by atoms with van der Waals surface area (Å²) in [5.41, 5.74) is 0. The van der Waals surface area contributed by atoms with Crippen LogP contribution in [0.2, 0.25) is 0 Å². The molecule has 2 fully saturated rings. The van der Waals surface area contributed by atoms with Crippen LogP contribution in [-0.2, 0) is 23.7 Å². The van der Waals surface area contributed by atoms with E-state index in [0.29, 0.717) is 6.42 Å². The maximum Gasteiger partial charge on any atom is 0.220 e. The molecule has 14 nitrogen and oxygen atoms in total. The first-order valence-electron chi connectivity index (χ1n) is 31.7. The van der Waals surface area contributed by atoms with E-state index in [2.05, 4.69) is 79.9 Å². The maximum atomic E-state index is 13.3. The summed E-state index contributed by atoms with van der Waals surface area (Å²) in [4.78, 5) is 13.3. The summed E-state index contributed by atoms with van der Waals surface area (Å²) in [5.74, 6) is -0.241. The quantitative estimate of drug-likeness (QED) is 0.0204. The lowest BCUT2D eigenvalue weighted by Crippen LogP contribution is -2.65. The highest BCUT2D eigenvalue weighted by molar-refractivity contribution is 5.76. The first-order chi connectivity index (χ1) is 38.6. The Morgan fingerprint density at radius 2 is 0.873 bits per heavy atom. The molecule has 2 heterocycles. The molecule has 9 N–H and O–H groups in total. The first-order valence-corrected chi connectivity index (χ1v) is 31.7. The van der Waals surface area contributed by atoms with E-state index in [4.69, 9.17) is 18.9 Å². The van der Waals surface area contributed by atoms with Crippen molar-refractivity contribution < 1.29 is 64.6 Å². The first kappa shape index (κ1) is 72.5. The van der Waals surface area contributed by atoms with Gasteiger partial charge in [-0.3, -0.25) is 4.79 Å². The molecule has 1 amide bonds. The summed E-state index contributed by atoms with van der Waals surface area (Å²) in [6, 6.07) is -0.915. The number of carbonyl (C=O) groups is 1. The van der Waals surface area contributed by atoms with Crippen molar-refractivity contribution in [3.63, 3.8) is 0 Å². The van der Waals surface area contributed by atoms with E-state index < -0.39 is 86.8 Å². The third-order valence-corrected chi connectivity index (χ3v) is 15.1. The average molecular weight is 1120 g/mol. The largest absolute Gasteiger partial charge is 0.394 e. The molecule has 2 saturated heterocycles. The highest BCUT2D eigenvalue weighted by Gasteiger charge is 2.51. The Hall–Kier alpha value is -2.57. The highest BCUT2D eigenvalue weighted by atomic mass is 16.7. The van der Waals surface area contributed by atoms with Crippen LogP contribution in [0.1, 0.15) is 239 Å². The zero-order valence-electron chi connectivity index (χ0n) is 49.3. The van der Waals surface area contributed by atoms with Gasteiger partial charge in [-0.25, -0.2) is 0 Å². The fourth-order valence-electron chi connectivity index (χ4n) is 10.1. The summed E-state index contributed by atoms with van der Waals surface area (Å²) in [7, 11) is 0. The number of hydrogen-bond acceptors (Lipinski definition) is 13. The molecule has 79 heavy (non-hydrogen) atoms. The molecule has 14 heteroatoms. The van der Waals surface area contributed by atoms with Crippen LogP contribution in [0.15, 0.2) is 72.9 Å². The zero-order chi connectivity index (χ0) is 57.4. The molecule has 2 aliphatic rings. The number of unbranched alkanes of at least 4 members (excludes halogenated alkanes) is 27. The van der Waals surface area contributed by atoms with Gasteiger partial charge in [-0.2, -0.15) is 0 Å². The Labute approximate surface area is 478 Å². The SMILES string of the molecule is CC/C=C\C/C=C\C/C=C\C/C=C\C/C=C\CCCCCCCCCCCCCCCCCCCC(=O)NC(COC1OC(CO)C(OC2OC(CO)C(O)C(O)C2O)C(O)C1O)C(O)/C=C/CCCCCCCCCCCC. The average Bonchev–Trinajstić information content (AvgIpc) is 3.49. The second-order valence-corrected chi connectivity index (χ2v) is 22.2. The van der Waals surface area contributed by atoms with E-state index in [1.165, 1.54) is 141 Å². The normalized spacial score (nSPS) is 24.9. The van der Waals surface area contributed by atoms with Gasteiger partial charge in [0.05, 0.1) is 32.0 Å². The van der Waals surface area contributed by atoms with Gasteiger partial charge in [0, 0.05) is 6.42 Å². The smallest absolute Gasteiger partial charge is 0.220 e. The summed E-state index contributed by atoms with van der Waals surface area (Å²) < 4.78 is 22.8. The lowest BCUT2D eigenvalue weighted by Gasteiger charge is -2.46. The summed E-state index contributed by atoms with van der Waals surface area (Å²) >= 11 is 0. The van der Waals surface area contributed by atoms with Gasteiger partial charge in [-0.15, -0.1) is 0 Å². The minimum atomic E-state index is -1.79. The lowest BCUT2D eigenvalue weighted by atomic mass is 9.97. The second-order valence-electron chi connectivity index (χ2n) is 22.2. The van der Waals surface area contributed by atoms with E-state index in [9.17, 15) is 45.6 Å². The van der Waals surface area contributed by atoms with E-state index in [1.807, 2.05) is 6.08 Å². The fraction of sp³-hybridized carbons (Fsp3) is 0.800. The van der Waals surface area contributed by atoms with E-state index in [-0.39, 0.29) is 18.9 Å². The number of hydrogen-bond donors (Lipinski definition) is 9. The van der Waals surface area contributed by atoms with Crippen molar-refractivity contribution in [3.05, 3.63) is 72.9 Å². The molecule has 458 valence electrons. The minimum Gasteiger partial charge on any atom is -0.394 e. The van der Waals surface area contributed by atoms with Crippen LogP contribution in [0.3, 0.4) is 0 Å². The van der Waals surface area contributed by atoms with Crippen molar-refractivity contribution in [2.24, 2.45) is 0 Å². The van der Waals surface area contributed by atoms with E-state index >= 15 is 0 Å². The Morgan fingerprint density at radius 1 is 0.468 bits per heavy atom. The molecule has 0 aliphatic carbocycles. The van der Waals surface area contributed by atoms with Gasteiger partial charge in [0.15, 0.2) is 12.6 Å². The van der Waals surface area contributed by atoms with Crippen molar-refractivity contribution in [2.45, 2.75) is 312 Å². The number of nitrogens with one attached hydrogen (secondary N) is 1. The standard InChI is InChI=1S/C65H115NO13/c1-3-5-7-9-11-13-15-17-18-19-20-21-22-23-24-25-26-27-28-29-30-31-32-33-34-35-36-37-39-41-43-45-47-49-57(70)66-53(54(69)48-46-44-42-40-38-16-14-12-10-8-6-4-2)52-76-64-62(75)60(73)63(56(51-68)78-64)79-65-61(74)59(72)58(71)55(50-67)77-65/h5,7,11,13,17-18,20-21,23-24,46,48,53-56,58-65,67-69,71-75H,3-4,6,8-10,12,14-16,19,22,25-45,47,49-52H2,1-2H3,(H,66,70)/b7-5-,13-11-,18-17-,21-20-,24-23-,48-46+. The van der Waals surface area contributed by atoms with Gasteiger partial charge >= 0.3 is 0 Å². The number of ether oxygens (including phenoxy) is 4. The highest BCUT2D eigenvalue weighted by Crippen LogP contribution is 2.30. The fourth-order valence-corrected chi connectivity index (χ4v) is 10.1. The third kappa shape index (κ3) is 35.2. The molecular weight excluding hydrogens is 1000 g/mol. The maximum absolute atomic E-state index is 13.3. The van der Waals surface area contributed by atoms with E-state index in [0.717, 1.165) is 70.6 Å². The number of allylic oxidation sites excluding steroid dienone is 11. The summed E-state index contributed by atoms with van der Waals surface area (Å²) in [6.45, 7) is 2.67. The van der Waals surface area contributed by atoms with Gasteiger partial charge in [-0.1, -0.05) is 241 Å². The predicted molar refractivity (Wildman–Crippen MR) is 318 cm³/mol. The molecule has 0 spiro atoms. The van der Waals surface area contributed by atoms with Crippen LogP contribution >= 0.6 is 0 Å². The molecule has 0 saturated carbocycles. The van der Waals surface area contributed by atoms with Gasteiger partial charge in [-0.05, 0) is 64.2 Å². The molecule has 0 aromatic rings. The van der Waals surface area contributed by atoms with Crippen molar-refractivity contribution in [1.82, 2.24) is 5.32 Å². The van der Waals surface area contributed by atoms with Crippen molar-refractivity contribution in [3.8, 4) is 0 Å². The summed E-state index contributed by atoms with van der Waals surface area (Å²) in [6.07, 6.45) is 49.6. The Bertz CT molecular complexity index is 1600. The molecule has 0 aromatic carbocycles. The topological polar surface area (TPSA) is 228 Å². The van der Waals surface area contributed by atoms with Crippen LogP contribution in [-0.4, -0.2) is 140 Å². The van der Waals surface area contributed by atoms with Gasteiger partial charge in [0.2, 0.25) is 5.91 Å². The minimum absolute atomic E-state index is 0.241. The Kier molecular flexibility index (Phi) is 45.9. The zero-order valence-corrected chi connectivity index (χ0v) is 49.3. The Morgan fingerprint density at radius 3 is 1.34 bits per heavy atom. The number of aliphatic hydroxyl groups is 8. The van der Waals surface area contributed by atoms with Gasteiger partial charge < -0.3 is 65.1 Å². The van der Waals surface area contributed by atoms with E-state index in [1.54, 1.807) is 6.08 Å². The molecular formula is C65H115NO13. The van der Waals surface area contributed by atoms with Crippen molar-refractivity contribution in [2.75, 3.05) is 19.8 Å². The molecule has 2 rings (SSSR count). The Balaban J connectivity index is 1.63. The predicted octanol–water partition coefficient (Wildman–Crippen LogP) is 11.5. The van der Waals surface area contributed by atoms with Gasteiger partial charge in [0.25, 0.3) is 0 Å². The van der Waals surface area contributed by atoms with Crippen LogP contribution in [0.4, 0.5) is 0 Å². The van der Waals surface area contributed by atoms with Gasteiger partial charge in [0.1, 0.15) is 48.8 Å². The second kappa shape index (κ2) is 50.0. The van der Waals surface area contributed by atoms with Crippen LogP contribution < -0.4 is 5.32 Å². The molecule has 0 bridgehead atoms. The van der Waals surface area contributed by atoms with Crippen molar-refractivity contribution >= 4 is 5.91 Å². The number of aliphatic hydroxyl groups excluding tert-OH is 8. The van der Waals surface area contributed by atoms with Crippen LogP contribution in [0.25, 0.3) is 0 Å². The van der Waals surface area contributed by atoms with Crippen LogP contribution in [0, 0.1) is 0 Å². The monoisotopic (exact) mass is 1120 g/mol. The molecule has 12 atom stereocenters. The number of carbonyl (C=O) groups excluding carboxylic acids is 1. The van der Waals surface area contributed by atoms with Crippen molar-refractivity contribution in [1.29, 1.82) is 0 Å². The summed E-state index contributed by atoms with van der Waals surface area (Å²) in [5, 5.41) is 87.0. The lowest BCUT2D eigenvalue weighted by molar-refractivity contribution is -0.359. The third-order valence-electron chi connectivity index (χ3n) is 15.1. The molecule has 0 aromatic heterocycles. The van der Waals surface area contributed by atoms with Crippen LogP contribution in [0.5, 0.6) is 0 Å². The molecule has 12 unspecified atom stereocenters.